The Morgan fingerprint density at radius 3 is 2.42 bits per heavy atom. The second-order valence-electron chi connectivity index (χ2n) is 5.28. The molecule has 2 nitrogen and oxygen atoms in total. The lowest BCUT2D eigenvalue weighted by Crippen LogP contribution is -2.45. The second-order valence-corrected chi connectivity index (χ2v) is 5.28. The van der Waals surface area contributed by atoms with Crippen LogP contribution in [-0.4, -0.2) is 23.9 Å². The zero-order valence-electron chi connectivity index (χ0n) is 11.8. The number of carbonyl (C=O) groups excluding carboxylic acids is 1. The molecular weight excluding hydrogens is 241 g/mol. The fourth-order valence-corrected chi connectivity index (χ4v) is 3.20. The van der Waals surface area contributed by atoms with E-state index in [0.717, 1.165) is 31.2 Å². The van der Waals surface area contributed by atoms with Crippen molar-refractivity contribution in [2.45, 2.75) is 44.9 Å². The molecule has 1 amide bonds. The minimum atomic E-state index is -0.492. The van der Waals surface area contributed by atoms with Gasteiger partial charge in [0, 0.05) is 13.1 Å². The number of hydrogen-bond acceptors (Lipinski definition) is 1. The van der Waals surface area contributed by atoms with Crippen LogP contribution in [0, 0.1) is 5.82 Å². The lowest BCUT2D eigenvalue weighted by Gasteiger charge is -2.34. The Kier molecular flexibility index (Phi) is 4.23. The van der Waals surface area contributed by atoms with Gasteiger partial charge in [0.05, 0.1) is 5.41 Å². The van der Waals surface area contributed by atoms with Crippen LogP contribution < -0.4 is 0 Å². The summed E-state index contributed by atoms with van der Waals surface area (Å²) in [4.78, 5) is 14.7. The van der Waals surface area contributed by atoms with Gasteiger partial charge < -0.3 is 4.90 Å². The minimum Gasteiger partial charge on any atom is -0.342 e. The van der Waals surface area contributed by atoms with Crippen molar-refractivity contribution in [2.24, 2.45) is 0 Å². The fraction of sp³-hybridized carbons (Fsp3) is 0.562. The van der Waals surface area contributed by atoms with Gasteiger partial charge in [0.25, 0.3) is 0 Å². The van der Waals surface area contributed by atoms with E-state index in [1.54, 1.807) is 6.07 Å². The van der Waals surface area contributed by atoms with Crippen molar-refractivity contribution < 1.29 is 9.18 Å². The van der Waals surface area contributed by atoms with Crippen molar-refractivity contribution in [3.63, 3.8) is 0 Å². The maximum atomic E-state index is 13.5. The normalized spacial score (nSPS) is 17.4. The molecule has 1 aliphatic carbocycles. The number of nitrogens with zero attached hydrogens (tertiary/aromatic N) is 1. The summed E-state index contributed by atoms with van der Waals surface area (Å²) in [6.07, 6.45) is 3.77. The molecule has 3 heteroatoms. The average molecular weight is 263 g/mol. The summed E-state index contributed by atoms with van der Waals surface area (Å²) in [5.41, 5.74) is 0.357. The Bertz CT molecular complexity index is 448. The highest BCUT2D eigenvalue weighted by molar-refractivity contribution is 5.88. The Morgan fingerprint density at radius 2 is 1.89 bits per heavy atom. The van der Waals surface area contributed by atoms with E-state index in [0.29, 0.717) is 13.1 Å². The number of likely N-dealkylation sites (N-methyl/N-ethyl adjacent to an activating group) is 1. The highest BCUT2D eigenvalue weighted by atomic mass is 19.1. The van der Waals surface area contributed by atoms with Gasteiger partial charge in [-0.05, 0) is 44.4 Å². The molecule has 0 unspecified atom stereocenters. The SMILES string of the molecule is CCN(CC)C(=O)C1(c2cccc(F)c2)CCCC1. The number of rotatable bonds is 4. The maximum absolute atomic E-state index is 13.5. The first-order valence-corrected chi connectivity index (χ1v) is 7.19. The summed E-state index contributed by atoms with van der Waals surface area (Å²) >= 11 is 0. The van der Waals surface area contributed by atoms with E-state index in [-0.39, 0.29) is 11.7 Å². The summed E-state index contributed by atoms with van der Waals surface area (Å²) in [6, 6.07) is 6.58. The van der Waals surface area contributed by atoms with Crippen LogP contribution in [0.1, 0.15) is 45.1 Å². The van der Waals surface area contributed by atoms with Crippen molar-refractivity contribution >= 4 is 5.91 Å². The standard InChI is InChI=1S/C16H22FNO/c1-3-18(4-2)15(19)16(10-5-6-11-16)13-8-7-9-14(17)12-13/h7-9,12H,3-6,10-11H2,1-2H3. The molecular formula is C16H22FNO. The summed E-state index contributed by atoms with van der Waals surface area (Å²) in [5.74, 6) is -0.0864. The van der Waals surface area contributed by atoms with Crippen molar-refractivity contribution in [2.75, 3.05) is 13.1 Å². The molecule has 0 aliphatic heterocycles. The van der Waals surface area contributed by atoms with E-state index in [1.807, 2.05) is 24.8 Å². The molecule has 1 saturated carbocycles. The van der Waals surface area contributed by atoms with Crippen LogP contribution in [0.25, 0.3) is 0 Å². The zero-order valence-corrected chi connectivity index (χ0v) is 11.8. The summed E-state index contributed by atoms with van der Waals surface area (Å²) < 4.78 is 13.5. The largest absolute Gasteiger partial charge is 0.342 e. The van der Waals surface area contributed by atoms with Gasteiger partial charge in [-0.3, -0.25) is 4.79 Å². The first kappa shape index (κ1) is 14.0. The Balaban J connectivity index is 2.40. The van der Waals surface area contributed by atoms with E-state index in [1.165, 1.54) is 12.1 Å². The van der Waals surface area contributed by atoms with Crippen LogP contribution >= 0.6 is 0 Å². The molecule has 0 saturated heterocycles. The molecule has 0 bridgehead atoms. The minimum absolute atomic E-state index is 0.167. The first-order chi connectivity index (χ1) is 9.14. The first-order valence-electron chi connectivity index (χ1n) is 7.19. The molecule has 1 aromatic rings. The molecule has 1 fully saturated rings. The van der Waals surface area contributed by atoms with Crippen LogP contribution in [0.5, 0.6) is 0 Å². The van der Waals surface area contributed by atoms with Crippen LogP contribution in [0.4, 0.5) is 4.39 Å². The quantitative estimate of drug-likeness (QED) is 0.814. The van der Waals surface area contributed by atoms with E-state index in [4.69, 9.17) is 0 Å². The van der Waals surface area contributed by atoms with Gasteiger partial charge in [-0.25, -0.2) is 4.39 Å². The molecule has 104 valence electrons. The molecule has 1 aromatic carbocycles. The molecule has 2 rings (SSSR count). The zero-order chi connectivity index (χ0) is 13.9. The van der Waals surface area contributed by atoms with Crippen LogP contribution in [0.2, 0.25) is 0 Å². The van der Waals surface area contributed by atoms with Gasteiger partial charge in [0.15, 0.2) is 0 Å². The number of hydrogen-bond donors (Lipinski definition) is 0. The topological polar surface area (TPSA) is 20.3 Å². The molecule has 1 aliphatic rings. The third-order valence-electron chi connectivity index (χ3n) is 4.29. The van der Waals surface area contributed by atoms with Crippen molar-refractivity contribution in [1.29, 1.82) is 0 Å². The molecule has 0 aromatic heterocycles. The predicted molar refractivity (Wildman–Crippen MR) is 74.5 cm³/mol. The monoisotopic (exact) mass is 263 g/mol. The van der Waals surface area contributed by atoms with Crippen LogP contribution in [0.3, 0.4) is 0 Å². The third kappa shape index (κ3) is 2.51. The van der Waals surface area contributed by atoms with Gasteiger partial charge in [0.1, 0.15) is 5.82 Å². The molecule has 19 heavy (non-hydrogen) atoms. The Morgan fingerprint density at radius 1 is 1.26 bits per heavy atom. The third-order valence-corrected chi connectivity index (χ3v) is 4.29. The second kappa shape index (κ2) is 5.72. The lowest BCUT2D eigenvalue weighted by atomic mass is 9.77. The van der Waals surface area contributed by atoms with Gasteiger partial charge in [-0.2, -0.15) is 0 Å². The van der Waals surface area contributed by atoms with Gasteiger partial charge in [0.2, 0.25) is 5.91 Å². The number of halogens is 1. The Labute approximate surface area is 114 Å². The molecule has 0 radical (unpaired) electrons. The van der Waals surface area contributed by atoms with E-state index in [9.17, 15) is 9.18 Å². The number of carbonyl (C=O) groups is 1. The van der Waals surface area contributed by atoms with Crippen molar-refractivity contribution in [3.8, 4) is 0 Å². The van der Waals surface area contributed by atoms with Crippen LogP contribution in [-0.2, 0) is 10.2 Å². The van der Waals surface area contributed by atoms with Gasteiger partial charge >= 0.3 is 0 Å². The maximum Gasteiger partial charge on any atom is 0.233 e. The van der Waals surface area contributed by atoms with Crippen LogP contribution in [0.15, 0.2) is 24.3 Å². The molecule has 0 heterocycles. The lowest BCUT2D eigenvalue weighted by molar-refractivity contribution is -0.137. The van der Waals surface area contributed by atoms with E-state index in [2.05, 4.69) is 0 Å². The van der Waals surface area contributed by atoms with E-state index >= 15 is 0 Å². The van der Waals surface area contributed by atoms with E-state index < -0.39 is 5.41 Å². The molecule has 0 atom stereocenters. The fourth-order valence-electron chi connectivity index (χ4n) is 3.20. The van der Waals surface area contributed by atoms with Gasteiger partial charge in [-0.1, -0.05) is 25.0 Å². The molecule has 0 N–H and O–H groups in total. The van der Waals surface area contributed by atoms with Crippen molar-refractivity contribution in [3.05, 3.63) is 35.6 Å². The summed E-state index contributed by atoms with van der Waals surface area (Å²) in [6.45, 7) is 5.42. The van der Waals surface area contributed by atoms with Gasteiger partial charge in [-0.15, -0.1) is 0 Å². The summed E-state index contributed by atoms with van der Waals surface area (Å²) in [5, 5.41) is 0. The number of amides is 1. The highest BCUT2D eigenvalue weighted by Gasteiger charge is 2.44. The number of benzene rings is 1. The molecule has 0 spiro atoms. The highest BCUT2D eigenvalue weighted by Crippen LogP contribution is 2.42. The van der Waals surface area contributed by atoms with Crippen molar-refractivity contribution in [1.82, 2.24) is 4.90 Å². The smallest absolute Gasteiger partial charge is 0.233 e. The Hall–Kier alpha value is -1.38. The average Bonchev–Trinajstić information content (AvgIpc) is 2.90. The summed E-state index contributed by atoms with van der Waals surface area (Å²) in [7, 11) is 0. The predicted octanol–water partition coefficient (Wildman–Crippen LogP) is 3.51.